The zero-order valence-corrected chi connectivity index (χ0v) is 10.2. The van der Waals surface area contributed by atoms with Crippen LogP contribution >= 0.6 is 11.6 Å². The van der Waals surface area contributed by atoms with Crippen molar-refractivity contribution in [2.45, 2.75) is 25.3 Å². The molecule has 2 nitrogen and oxygen atoms in total. The highest BCUT2D eigenvalue weighted by atomic mass is 35.5. The van der Waals surface area contributed by atoms with Gasteiger partial charge in [0.2, 0.25) is 0 Å². The van der Waals surface area contributed by atoms with Gasteiger partial charge in [0.1, 0.15) is 0 Å². The Labute approximate surface area is 102 Å². The number of hydrogen-bond donors (Lipinski definition) is 1. The zero-order chi connectivity index (χ0) is 11.4. The van der Waals surface area contributed by atoms with Crippen LogP contribution in [0, 0.1) is 0 Å². The highest BCUT2D eigenvalue weighted by Crippen LogP contribution is 2.32. The van der Waals surface area contributed by atoms with Crippen LogP contribution in [-0.4, -0.2) is 29.7 Å². The molecule has 0 saturated carbocycles. The molecule has 16 heavy (non-hydrogen) atoms. The fourth-order valence-corrected chi connectivity index (χ4v) is 2.66. The van der Waals surface area contributed by atoms with Gasteiger partial charge in [-0.1, -0.05) is 23.7 Å². The summed E-state index contributed by atoms with van der Waals surface area (Å²) in [5.74, 6) is 0. The maximum absolute atomic E-state index is 8.88. The van der Waals surface area contributed by atoms with Gasteiger partial charge in [-0.15, -0.1) is 0 Å². The molecule has 1 saturated heterocycles. The van der Waals surface area contributed by atoms with Gasteiger partial charge in [0, 0.05) is 24.2 Å². The van der Waals surface area contributed by atoms with Crippen LogP contribution in [0.25, 0.3) is 0 Å². The largest absolute Gasteiger partial charge is 0.396 e. The van der Waals surface area contributed by atoms with E-state index in [2.05, 4.69) is 17.0 Å². The molecule has 1 N–H and O–H groups in total. The summed E-state index contributed by atoms with van der Waals surface area (Å²) in [5.41, 5.74) is 1.31. The van der Waals surface area contributed by atoms with E-state index in [0.717, 1.165) is 24.5 Å². The first-order valence-electron chi connectivity index (χ1n) is 5.91. The van der Waals surface area contributed by atoms with Gasteiger partial charge in [0.15, 0.2) is 0 Å². The summed E-state index contributed by atoms with van der Waals surface area (Å²) in [6, 6.07) is 8.63. The van der Waals surface area contributed by atoms with Crippen molar-refractivity contribution in [2.75, 3.05) is 19.7 Å². The van der Waals surface area contributed by atoms with Crippen molar-refractivity contribution in [3.8, 4) is 0 Å². The van der Waals surface area contributed by atoms with Crippen molar-refractivity contribution in [2.24, 2.45) is 0 Å². The zero-order valence-electron chi connectivity index (χ0n) is 9.40. The van der Waals surface area contributed by atoms with Crippen molar-refractivity contribution in [1.82, 2.24) is 4.90 Å². The van der Waals surface area contributed by atoms with Crippen molar-refractivity contribution in [3.05, 3.63) is 34.9 Å². The Kier molecular flexibility index (Phi) is 4.22. The molecule has 2 rings (SSSR count). The van der Waals surface area contributed by atoms with Crippen LogP contribution in [0.1, 0.15) is 30.9 Å². The SMILES string of the molecule is OCCCN1CCCC1c1cccc(Cl)c1. The molecule has 1 unspecified atom stereocenters. The molecule has 1 aliphatic rings. The van der Waals surface area contributed by atoms with Crippen molar-refractivity contribution >= 4 is 11.6 Å². The third-order valence-corrected chi connectivity index (χ3v) is 3.44. The number of rotatable bonds is 4. The molecule has 0 spiro atoms. The van der Waals surface area contributed by atoms with Crippen molar-refractivity contribution < 1.29 is 5.11 Å². The molecule has 1 heterocycles. The van der Waals surface area contributed by atoms with E-state index in [0.29, 0.717) is 6.04 Å². The van der Waals surface area contributed by atoms with E-state index in [9.17, 15) is 0 Å². The van der Waals surface area contributed by atoms with Crippen LogP contribution < -0.4 is 0 Å². The lowest BCUT2D eigenvalue weighted by molar-refractivity contribution is 0.214. The highest BCUT2D eigenvalue weighted by molar-refractivity contribution is 6.30. The molecule has 0 aliphatic carbocycles. The normalized spacial score (nSPS) is 21.5. The van der Waals surface area contributed by atoms with Gasteiger partial charge in [-0.25, -0.2) is 0 Å². The second-order valence-electron chi connectivity index (χ2n) is 4.33. The Hall–Kier alpha value is -0.570. The minimum atomic E-state index is 0.277. The monoisotopic (exact) mass is 239 g/mol. The van der Waals surface area contributed by atoms with Crippen LogP contribution in [0.3, 0.4) is 0 Å². The fraction of sp³-hybridized carbons (Fsp3) is 0.538. The number of hydrogen-bond acceptors (Lipinski definition) is 2. The van der Waals surface area contributed by atoms with E-state index in [1.165, 1.54) is 18.4 Å². The molecule has 0 aromatic heterocycles. The quantitative estimate of drug-likeness (QED) is 0.874. The van der Waals surface area contributed by atoms with Crippen molar-refractivity contribution in [3.63, 3.8) is 0 Å². The molecule has 0 bridgehead atoms. The minimum Gasteiger partial charge on any atom is -0.396 e. The number of halogens is 1. The first-order chi connectivity index (χ1) is 7.81. The summed E-state index contributed by atoms with van der Waals surface area (Å²) >= 11 is 6.02. The van der Waals surface area contributed by atoms with E-state index in [1.807, 2.05) is 12.1 Å². The van der Waals surface area contributed by atoms with Gasteiger partial charge in [0.05, 0.1) is 0 Å². The lowest BCUT2D eigenvalue weighted by Crippen LogP contribution is -2.25. The average Bonchev–Trinajstić information content (AvgIpc) is 2.74. The molecular formula is C13H18ClNO. The van der Waals surface area contributed by atoms with Crippen LogP contribution in [0.5, 0.6) is 0 Å². The Morgan fingerprint density at radius 3 is 3.06 bits per heavy atom. The summed E-state index contributed by atoms with van der Waals surface area (Å²) in [6.45, 7) is 2.39. The molecule has 88 valence electrons. The van der Waals surface area contributed by atoms with Gasteiger partial charge in [-0.2, -0.15) is 0 Å². The number of aliphatic hydroxyl groups is 1. The van der Waals surface area contributed by atoms with Crippen LogP contribution in [0.15, 0.2) is 24.3 Å². The minimum absolute atomic E-state index is 0.277. The van der Waals surface area contributed by atoms with Gasteiger partial charge < -0.3 is 5.11 Å². The molecular weight excluding hydrogens is 222 g/mol. The summed E-state index contributed by atoms with van der Waals surface area (Å²) in [6.07, 6.45) is 3.30. The van der Waals surface area contributed by atoms with Crippen LogP contribution in [-0.2, 0) is 0 Å². The Morgan fingerprint density at radius 1 is 1.44 bits per heavy atom. The Balaban J connectivity index is 2.07. The molecule has 0 amide bonds. The van der Waals surface area contributed by atoms with Crippen molar-refractivity contribution in [1.29, 1.82) is 0 Å². The van der Waals surface area contributed by atoms with Gasteiger partial charge >= 0.3 is 0 Å². The van der Waals surface area contributed by atoms with Crippen LogP contribution in [0.4, 0.5) is 0 Å². The summed E-state index contributed by atoms with van der Waals surface area (Å²) < 4.78 is 0. The summed E-state index contributed by atoms with van der Waals surface area (Å²) in [5, 5.41) is 9.69. The fourth-order valence-electron chi connectivity index (χ4n) is 2.46. The average molecular weight is 240 g/mol. The predicted octanol–water partition coefficient (Wildman–Crippen LogP) is 2.86. The molecule has 1 atom stereocenters. The predicted molar refractivity (Wildman–Crippen MR) is 66.7 cm³/mol. The van der Waals surface area contributed by atoms with E-state index >= 15 is 0 Å². The molecule has 1 fully saturated rings. The third kappa shape index (κ3) is 2.76. The summed E-state index contributed by atoms with van der Waals surface area (Å²) in [7, 11) is 0. The molecule has 1 aromatic carbocycles. The third-order valence-electron chi connectivity index (χ3n) is 3.20. The van der Waals surface area contributed by atoms with Gasteiger partial charge in [-0.3, -0.25) is 4.90 Å². The maximum atomic E-state index is 8.88. The van der Waals surface area contributed by atoms with E-state index < -0.39 is 0 Å². The topological polar surface area (TPSA) is 23.5 Å². The highest BCUT2D eigenvalue weighted by Gasteiger charge is 2.25. The number of benzene rings is 1. The summed E-state index contributed by atoms with van der Waals surface area (Å²) in [4.78, 5) is 2.45. The lowest BCUT2D eigenvalue weighted by atomic mass is 10.0. The van der Waals surface area contributed by atoms with E-state index in [1.54, 1.807) is 0 Å². The number of nitrogens with zero attached hydrogens (tertiary/aromatic N) is 1. The standard InChI is InChI=1S/C13H18ClNO/c14-12-5-1-4-11(10-12)13-6-2-7-15(13)8-3-9-16/h1,4-5,10,13,16H,2-3,6-9H2. The second kappa shape index (κ2) is 5.67. The smallest absolute Gasteiger partial charge is 0.0443 e. The number of aliphatic hydroxyl groups excluding tert-OH is 1. The maximum Gasteiger partial charge on any atom is 0.0443 e. The second-order valence-corrected chi connectivity index (χ2v) is 4.76. The first-order valence-corrected chi connectivity index (χ1v) is 6.29. The lowest BCUT2D eigenvalue weighted by Gasteiger charge is -2.24. The molecule has 3 heteroatoms. The van der Waals surface area contributed by atoms with Gasteiger partial charge in [0.25, 0.3) is 0 Å². The molecule has 1 aromatic rings. The van der Waals surface area contributed by atoms with Crippen LogP contribution in [0.2, 0.25) is 5.02 Å². The Morgan fingerprint density at radius 2 is 2.31 bits per heavy atom. The van der Waals surface area contributed by atoms with E-state index in [4.69, 9.17) is 16.7 Å². The molecule has 0 radical (unpaired) electrons. The number of likely N-dealkylation sites (tertiary alicyclic amines) is 1. The first kappa shape index (κ1) is 11.9. The van der Waals surface area contributed by atoms with Gasteiger partial charge in [-0.05, 0) is 43.5 Å². The Bertz CT molecular complexity index is 342. The molecule has 1 aliphatic heterocycles. The van der Waals surface area contributed by atoms with E-state index in [-0.39, 0.29) is 6.61 Å².